The average molecular weight is 441 g/mol. The van der Waals surface area contributed by atoms with E-state index in [1.54, 1.807) is 38.1 Å². The summed E-state index contributed by atoms with van der Waals surface area (Å²) >= 11 is 3.20. The molecule has 3 rings (SSSR count). The molecule has 0 unspecified atom stereocenters. The van der Waals surface area contributed by atoms with Crippen LogP contribution in [0.3, 0.4) is 0 Å². The van der Waals surface area contributed by atoms with Gasteiger partial charge in [-0.2, -0.15) is 10.4 Å². The quantitative estimate of drug-likeness (QED) is 0.251. The first kappa shape index (κ1) is 19.3. The number of hydrogen-bond acceptors (Lipinski definition) is 6. The van der Waals surface area contributed by atoms with Crippen LogP contribution in [-0.2, 0) is 0 Å². The summed E-state index contributed by atoms with van der Waals surface area (Å²) in [4.78, 5) is 23.3. The van der Waals surface area contributed by atoms with Crippen LogP contribution >= 0.6 is 15.9 Å². The normalized spacial score (nSPS) is 11.3. The molecule has 0 bridgehead atoms. The van der Waals surface area contributed by atoms with Crippen molar-refractivity contribution in [2.45, 2.75) is 13.8 Å². The molecule has 0 atom stereocenters. The summed E-state index contributed by atoms with van der Waals surface area (Å²) in [6.07, 6.45) is 1.28. The van der Waals surface area contributed by atoms with Crippen molar-refractivity contribution in [2.24, 2.45) is 0 Å². The molecule has 28 heavy (non-hydrogen) atoms. The van der Waals surface area contributed by atoms with Crippen LogP contribution in [0.2, 0.25) is 0 Å². The van der Waals surface area contributed by atoms with Gasteiger partial charge in [0.15, 0.2) is 0 Å². The molecule has 0 radical (unpaired) electrons. The van der Waals surface area contributed by atoms with Crippen LogP contribution in [0.1, 0.15) is 21.9 Å². The molecule has 0 saturated carbocycles. The monoisotopic (exact) mass is 440 g/mol. The Morgan fingerprint density at radius 1 is 1.32 bits per heavy atom. The minimum Gasteiger partial charge on any atom is -0.456 e. The summed E-state index contributed by atoms with van der Waals surface area (Å²) in [5.41, 5.74) is 1.26. The van der Waals surface area contributed by atoms with Crippen molar-refractivity contribution in [3.05, 3.63) is 73.7 Å². The highest BCUT2D eigenvalue weighted by molar-refractivity contribution is 9.10. The summed E-state index contributed by atoms with van der Waals surface area (Å²) in [6, 6.07) is 11.2. The highest BCUT2D eigenvalue weighted by Gasteiger charge is 2.20. The Labute approximate surface area is 168 Å². The number of halogens is 1. The molecule has 0 spiro atoms. The smallest absolute Gasteiger partial charge is 0.289 e. The second kappa shape index (κ2) is 7.62. The van der Waals surface area contributed by atoms with Crippen molar-refractivity contribution in [3.8, 4) is 17.4 Å². The lowest BCUT2D eigenvalue weighted by Crippen LogP contribution is -2.15. The van der Waals surface area contributed by atoms with Crippen molar-refractivity contribution >= 4 is 33.6 Å². The van der Waals surface area contributed by atoms with Gasteiger partial charge in [-0.1, -0.05) is 15.9 Å². The van der Waals surface area contributed by atoms with Gasteiger partial charge in [0.25, 0.3) is 11.6 Å². The molecular formula is C19H13BrN4O4. The van der Waals surface area contributed by atoms with Gasteiger partial charge in [0.05, 0.1) is 16.2 Å². The summed E-state index contributed by atoms with van der Waals surface area (Å²) < 4.78 is 7.34. The molecule has 140 valence electrons. The number of carbonyl (C=O) groups excluding carboxylic acids is 1. The molecule has 0 amide bonds. The number of hydrogen-bond donors (Lipinski definition) is 0. The molecule has 0 aliphatic carbocycles. The highest BCUT2D eigenvalue weighted by Crippen LogP contribution is 2.33. The Morgan fingerprint density at radius 3 is 2.68 bits per heavy atom. The number of allylic oxidation sites excluding steroid dienone is 1. The van der Waals surface area contributed by atoms with E-state index in [1.165, 1.54) is 18.2 Å². The lowest BCUT2D eigenvalue weighted by atomic mass is 10.1. The van der Waals surface area contributed by atoms with E-state index in [9.17, 15) is 20.2 Å². The number of aromatic nitrogens is 2. The topological polar surface area (TPSA) is 115 Å². The number of aryl methyl sites for hydroxylation is 2. The Kier molecular flexibility index (Phi) is 5.24. The third-order valence-corrected chi connectivity index (χ3v) is 4.38. The van der Waals surface area contributed by atoms with Crippen molar-refractivity contribution < 1.29 is 14.1 Å². The number of nitriles is 1. The van der Waals surface area contributed by atoms with Crippen molar-refractivity contribution in [1.82, 2.24) is 9.78 Å². The maximum absolute atomic E-state index is 12.5. The van der Waals surface area contributed by atoms with Gasteiger partial charge in [-0.25, -0.2) is 4.68 Å². The lowest BCUT2D eigenvalue weighted by Gasteiger charge is -2.01. The first-order valence-corrected chi connectivity index (χ1v) is 8.83. The number of nitrogens with zero attached hydrogens (tertiary/aromatic N) is 4. The average Bonchev–Trinajstić information content (AvgIpc) is 3.24. The molecule has 0 N–H and O–H groups in total. The third kappa shape index (κ3) is 3.77. The number of rotatable bonds is 4. The number of nitro groups is 1. The molecule has 1 aromatic carbocycles. The van der Waals surface area contributed by atoms with Crippen LogP contribution in [0.4, 0.5) is 5.69 Å². The van der Waals surface area contributed by atoms with Gasteiger partial charge in [0, 0.05) is 22.3 Å². The van der Waals surface area contributed by atoms with E-state index in [4.69, 9.17) is 4.42 Å². The van der Waals surface area contributed by atoms with Gasteiger partial charge in [0.1, 0.15) is 23.2 Å². The molecule has 0 aliphatic rings. The van der Waals surface area contributed by atoms with Crippen LogP contribution in [-0.4, -0.2) is 20.6 Å². The number of nitro benzene ring substituents is 1. The lowest BCUT2D eigenvalue weighted by molar-refractivity contribution is -0.384. The fourth-order valence-electron chi connectivity index (χ4n) is 2.67. The van der Waals surface area contributed by atoms with Gasteiger partial charge < -0.3 is 4.42 Å². The van der Waals surface area contributed by atoms with Crippen LogP contribution in [0, 0.1) is 35.3 Å². The van der Waals surface area contributed by atoms with Gasteiger partial charge in [0.2, 0.25) is 0 Å². The minimum absolute atomic E-state index is 0.126. The van der Waals surface area contributed by atoms with Gasteiger partial charge in [-0.3, -0.25) is 14.9 Å². The number of benzene rings is 1. The molecule has 2 heterocycles. The fraction of sp³-hybridized carbons (Fsp3) is 0.105. The first-order chi connectivity index (χ1) is 13.3. The van der Waals surface area contributed by atoms with E-state index in [0.717, 1.165) is 4.68 Å². The Hall–Kier alpha value is -3.51. The zero-order chi connectivity index (χ0) is 20.4. The maximum atomic E-state index is 12.5. The van der Waals surface area contributed by atoms with Crippen molar-refractivity contribution in [2.75, 3.05) is 0 Å². The van der Waals surface area contributed by atoms with Gasteiger partial charge in [-0.15, -0.1) is 0 Å². The third-order valence-electron chi connectivity index (χ3n) is 3.89. The molecule has 3 aromatic rings. The van der Waals surface area contributed by atoms with Gasteiger partial charge in [-0.05, 0) is 44.2 Å². The van der Waals surface area contributed by atoms with Crippen molar-refractivity contribution in [1.29, 1.82) is 5.26 Å². The zero-order valence-corrected chi connectivity index (χ0v) is 16.4. The largest absolute Gasteiger partial charge is 0.456 e. The molecular weight excluding hydrogens is 428 g/mol. The minimum atomic E-state index is -0.583. The van der Waals surface area contributed by atoms with E-state index < -0.39 is 10.8 Å². The zero-order valence-electron chi connectivity index (χ0n) is 14.8. The second-order valence-electron chi connectivity index (χ2n) is 5.93. The van der Waals surface area contributed by atoms with E-state index in [1.807, 2.05) is 6.07 Å². The van der Waals surface area contributed by atoms with Crippen LogP contribution in [0.15, 0.2) is 50.9 Å². The summed E-state index contributed by atoms with van der Waals surface area (Å²) in [7, 11) is 0. The SMILES string of the molecule is Cc1cc(C)n(C(=O)/C(C#N)=C/c2ccc(-c3ccc(Br)cc3[N+](=O)[O-])o2)n1. The molecule has 2 aromatic heterocycles. The first-order valence-electron chi connectivity index (χ1n) is 8.04. The van der Waals surface area contributed by atoms with Crippen LogP contribution in [0.25, 0.3) is 17.4 Å². The van der Waals surface area contributed by atoms with E-state index in [0.29, 0.717) is 15.9 Å². The fourth-order valence-corrected chi connectivity index (χ4v) is 3.02. The summed E-state index contributed by atoms with van der Waals surface area (Å²) in [5, 5.41) is 24.7. The van der Waals surface area contributed by atoms with E-state index in [-0.39, 0.29) is 28.3 Å². The van der Waals surface area contributed by atoms with Crippen LogP contribution in [0.5, 0.6) is 0 Å². The van der Waals surface area contributed by atoms with Gasteiger partial charge >= 0.3 is 0 Å². The van der Waals surface area contributed by atoms with E-state index in [2.05, 4.69) is 21.0 Å². The summed E-state index contributed by atoms with van der Waals surface area (Å²) in [6.45, 7) is 3.46. The Morgan fingerprint density at radius 2 is 2.07 bits per heavy atom. The standard InChI is InChI=1S/C19H13BrN4O4/c1-11-7-12(2)23(22-11)19(25)13(10-21)8-15-4-6-18(28-15)16-5-3-14(20)9-17(16)24(26)27/h3-9H,1-2H3/b13-8+. The highest BCUT2D eigenvalue weighted by atomic mass is 79.9. The Bertz CT molecular complexity index is 1170. The molecule has 9 heteroatoms. The van der Waals surface area contributed by atoms with E-state index >= 15 is 0 Å². The maximum Gasteiger partial charge on any atom is 0.289 e. The number of furan rings is 1. The predicted molar refractivity (Wildman–Crippen MR) is 104 cm³/mol. The Balaban J connectivity index is 1.98. The second-order valence-corrected chi connectivity index (χ2v) is 6.85. The molecule has 0 aliphatic heterocycles. The molecule has 0 saturated heterocycles. The van der Waals surface area contributed by atoms with Crippen LogP contribution < -0.4 is 0 Å². The molecule has 8 nitrogen and oxygen atoms in total. The summed E-state index contributed by atoms with van der Waals surface area (Å²) in [5.74, 6) is -0.111. The number of carbonyl (C=O) groups is 1. The van der Waals surface area contributed by atoms with Crippen molar-refractivity contribution in [3.63, 3.8) is 0 Å². The predicted octanol–water partition coefficient (Wildman–Crippen LogP) is 4.68. The molecule has 0 fully saturated rings.